The van der Waals surface area contributed by atoms with Crippen LogP contribution in [-0.4, -0.2) is 15.9 Å². The van der Waals surface area contributed by atoms with Crippen molar-refractivity contribution in [1.29, 1.82) is 0 Å². The van der Waals surface area contributed by atoms with E-state index < -0.39 is 12.0 Å². The summed E-state index contributed by atoms with van der Waals surface area (Å²) in [5.41, 5.74) is 1.21. The molecule has 20 heavy (non-hydrogen) atoms. The monoisotopic (exact) mass is 301 g/mol. The lowest BCUT2D eigenvalue weighted by Crippen LogP contribution is -2.09. The molecule has 1 N–H and O–H groups in total. The van der Waals surface area contributed by atoms with E-state index in [4.69, 9.17) is 0 Å². The molecule has 1 atom stereocenters. The molecule has 2 rings (SSSR count). The molecule has 0 aliphatic heterocycles. The molecular weight excluding hydrogens is 287 g/mol. The Morgan fingerprint density at radius 2 is 1.95 bits per heavy atom. The van der Waals surface area contributed by atoms with Gasteiger partial charge in [0.2, 0.25) is 11.0 Å². The normalized spacial score (nSPS) is 13.2. The summed E-state index contributed by atoms with van der Waals surface area (Å²) in [6.45, 7) is 2.64. The summed E-state index contributed by atoms with van der Waals surface area (Å²) in [7, 11) is 0. The smallest absolute Gasteiger partial charge is 0.360 e. The van der Waals surface area contributed by atoms with E-state index in [0.29, 0.717) is 12.5 Å². The van der Waals surface area contributed by atoms with Crippen LogP contribution in [0.1, 0.15) is 30.7 Å². The summed E-state index contributed by atoms with van der Waals surface area (Å²) in [6, 6.07) is 9.97. The van der Waals surface area contributed by atoms with E-state index in [0.717, 1.165) is 18.0 Å². The molecule has 2 aromatic rings. The molecule has 7 heteroatoms. The van der Waals surface area contributed by atoms with Crippen LogP contribution in [0, 0.1) is 0 Å². The molecule has 0 spiro atoms. The predicted octanol–water partition coefficient (Wildman–Crippen LogP) is 4.16. The van der Waals surface area contributed by atoms with Crippen molar-refractivity contribution in [2.24, 2.45) is 0 Å². The van der Waals surface area contributed by atoms with Crippen molar-refractivity contribution in [3.05, 3.63) is 41.7 Å². The fourth-order valence-electron chi connectivity index (χ4n) is 1.75. The molecule has 0 saturated carbocycles. The van der Waals surface area contributed by atoms with Crippen molar-refractivity contribution in [2.75, 3.05) is 11.9 Å². The molecule has 0 aliphatic carbocycles. The molecule has 1 heterocycles. The Morgan fingerprint density at radius 1 is 1.25 bits per heavy atom. The van der Waals surface area contributed by atoms with Gasteiger partial charge in [-0.3, -0.25) is 0 Å². The topological polar surface area (TPSA) is 37.8 Å². The summed E-state index contributed by atoms with van der Waals surface area (Å²) >= 11 is 0.732. The van der Waals surface area contributed by atoms with Crippen molar-refractivity contribution >= 4 is 16.7 Å². The molecule has 0 saturated heterocycles. The van der Waals surface area contributed by atoms with Crippen molar-refractivity contribution in [3.63, 3.8) is 0 Å². The van der Waals surface area contributed by atoms with E-state index >= 15 is 0 Å². The maximum absolute atomic E-state index is 12.3. The van der Waals surface area contributed by atoms with Gasteiger partial charge in [-0.25, -0.2) is 0 Å². The third kappa shape index (κ3) is 3.93. The first-order valence-corrected chi connectivity index (χ1v) is 6.94. The number of benzene rings is 1. The fraction of sp³-hybridized carbons (Fsp3) is 0.385. The molecule has 0 fully saturated rings. The Labute approximate surface area is 119 Å². The Morgan fingerprint density at radius 3 is 2.55 bits per heavy atom. The highest BCUT2D eigenvalue weighted by Crippen LogP contribution is 2.29. The maximum Gasteiger partial charge on any atom is 0.452 e. The number of hydrogen-bond acceptors (Lipinski definition) is 4. The largest absolute Gasteiger partial charge is 0.452 e. The summed E-state index contributed by atoms with van der Waals surface area (Å²) in [5, 5.41) is 3.09. The van der Waals surface area contributed by atoms with Gasteiger partial charge in [-0.1, -0.05) is 37.3 Å². The van der Waals surface area contributed by atoms with E-state index in [1.54, 1.807) is 0 Å². The second kappa shape index (κ2) is 6.21. The van der Waals surface area contributed by atoms with Crippen LogP contribution in [0.5, 0.6) is 0 Å². The van der Waals surface area contributed by atoms with Crippen LogP contribution in [0.15, 0.2) is 30.3 Å². The van der Waals surface area contributed by atoms with Crippen molar-refractivity contribution in [1.82, 2.24) is 9.36 Å². The average molecular weight is 301 g/mol. The van der Waals surface area contributed by atoms with Gasteiger partial charge in [0.25, 0.3) is 0 Å². The summed E-state index contributed by atoms with van der Waals surface area (Å²) in [6.07, 6.45) is -3.67. The highest BCUT2D eigenvalue weighted by Gasteiger charge is 2.36. The Hall–Kier alpha value is -1.63. The second-order valence-corrected chi connectivity index (χ2v) is 5.20. The zero-order valence-corrected chi connectivity index (χ0v) is 11.6. The molecule has 3 nitrogen and oxygen atoms in total. The lowest BCUT2D eigenvalue weighted by molar-refractivity contribution is -0.144. The minimum absolute atomic E-state index is 0.206. The molecule has 1 aromatic heterocycles. The minimum atomic E-state index is -4.48. The zero-order valence-electron chi connectivity index (χ0n) is 10.8. The van der Waals surface area contributed by atoms with Crippen molar-refractivity contribution in [2.45, 2.75) is 25.4 Å². The summed E-state index contributed by atoms with van der Waals surface area (Å²) in [5.74, 6) is -0.750. The van der Waals surface area contributed by atoms with Crippen LogP contribution in [0.25, 0.3) is 0 Å². The highest BCUT2D eigenvalue weighted by atomic mass is 32.1. The van der Waals surface area contributed by atoms with E-state index in [9.17, 15) is 13.2 Å². The molecule has 108 valence electrons. The van der Waals surface area contributed by atoms with Gasteiger partial charge in [0, 0.05) is 18.1 Å². The lowest BCUT2D eigenvalue weighted by Gasteiger charge is -2.11. The average Bonchev–Trinajstić information content (AvgIpc) is 2.88. The molecule has 0 radical (unpaired) electrons. The molecule has 0 aliphatic rings. The molecule has 0 bridgehead atoms. The van der Waals surface area contributed by atoms with Gasteiger partial charge in [0.15, 0.2) is 0 Å². The first kappa shape index (κ1) is 14.8. The minimum Gasteiger partial charge on any atom is -0.360 e. The lowest BCUT2D eigenvalue weighted by atomic mass is 9.98. The second-order valence-electron chi connectivity index (χ2n) is 4.45. The summed E-state index contributed by atoms with van der Waals surface area (Å²) < 4.78 is 40.3. The fourth-order valence-corrected chi connectivity index (χ4v) is 2.37. The molecular formula is C13H14F3N3S. The number of aromatic nitrogens is 2. The van der Waals surface area contributed by atoms with Gasteiger partial charge in [-0.2, -0.15) is 22.5 Å². The van der Waals surface area contributed by atoms with Crippen LogP contribution >= 0.6 is 11.5 Å². The van der Waals surface area contributed by atoms with Crippen LogP contribution < -0.4 is 5.32 Å². The quantitative estimate of drug-likeness (QED) is 0.901. The van der Waals surface area contributed by atoms with E-state index in [1.807, 2.05) is 30.3 Å². The van der Waals surface area contributed by atoms with Gasteiger partial charge >= 0.3 is 6.18 Å². The predicted molar refractivity (Wildman–Crippen MR) is 72.9 cm³/mol. The number of halogens is 3. The highest BCUT2D eigenvalue weighted by molar-refractivity contribution is 7.09. The summed E-state index contributed by atoms with van der Waals surface area (Å²) in [4.78, 5) is 3.42. The number of alkyl halides is 3. The standard InChI is InChI=1S/C13H14F3N3S/c1-9(10-5-3-2-4-6-10)7-8-17-12-18-11(19-20-12)13(14,15)16/h2-6,9H,7-8H2,1H3,(H,17,18,19). The molecule has 0 amide bonds. The number of rotatable bonds is 5. The zero-order chi connectivity index (χ0) is 14.6. The number of hydrogen-bond donors (Lipinski definition) is 1. The Bertz CT molecular complexity index is 539. The first-order valence-electron chi connectivity index (χ1n) is 6.16. The van der Waals surface area contributed by atoms with Gasteiger partial charge < -0.3 is 5.32 Å². The third-order valence-corrected chi connectivity index (χ3v) is 3.57. The SMILES string of the molecule is CC(CCNc1nc(C(F)(F)F)ns1)c1ccccc1. The third-order valence-electron chi connectivity index (χ3n) is 2.90. The maximum atomic E-state index is 12.3. The molecule has 1 aromatic carbocycles. The van der Waals surface area contributed by atoms with E-state index in [2.05, 4.69) is 21.6 Å². The first-order chi connectivity index (χ1) is 9.47. The number of nitrogens with one attached hydrogen (secondary N) is 1. The van der Waals surface area contributed by atoms with Crippen molar-refractivity contribution < 1.29 is 13.2 Å². The Balaban J connectivity index is 1.83. The van der Waals surface area contributed by atoms with Gasteiger partial charge in [-0.05, 0) is 17.9 Å². The Kier molecular flexibility index (Phi) is 4.59. The van der Waals surface area contributed by atoms with E-state index in [-0.39, 0.29) is 5.13 Å². The van der Waals surface area contributed by atoms with Crippen LogP contribution in [-0.2, 0) is 6.18 Å². The van der Waals surface area contributed by atoms with Gasteiger partial charge in [0.1, 0.15) is 0 Å². The van der Waals surface area contributed by atoms with Crippen molar-refractivity contribution in [3.8, 4) is 0 Å². The van der Waals surface area contributed by atoms with Crippen LogP contribution in [0.2, 0.25) is 0 Å². The molecule has 1 unspecified atom stereocenters. The number of nitrogens with zero attached hydrogens (tertiary/aromatic N) is 2. The van der Waals surface area contributed by atoms with Crippen LogP contribution in [0.3, 0.4) is 0 Å². The van der Waals surface area contributed by atoms with Gasteiger partial charge in [-0.15, -0.1) is 0 Å². The number of anilines is 1. The van der Waals surface area contributed by atoms with Gasteiger partial charge in [0.05, 0.1) is 0 Å². The van der Waals surface area contributed by atoms with Crippen LogP contribution in [0.4, 0.5) is 18.3 Å². The van der Waals surface area contributed by atoms with E-state index in [1.165, 1.54) is 5.56 Å².